The number of anilines is 1. The highest BCUT2D eigenvalue weighted by Crippen LogP contribution is 2.29. The van der Waals surface area contributed by atoms with Crippen LogP contribution >= 0.6 is 0 Å². The molecule has 1 fully saturated rings. The van der Waals surface area contributed by atoms with Gasteiger partial charge in [-0.1, -0.05) is 0 Å². The Kier molecular flexibility index (Phi) is 2.31. The van der Waals surface area contributed by atoms with Crippen LogP contribution in [0.25, 0.3) is 0 Å². The van der Waals surface area contributed by atoms with Crippen molar-refractivity contribution < 1.29 is 4.74 Å². The molecule has 0 atom stereocenters. The van der Waals surface area contributed by atoms with Gasteiger partial charge in [-0.3, -0.25) is 0 Å². The summed E-state index contributed by atoms with van der Waals surface area (Å²) < 4.78 is 5.54. The van der Waals surface area contributed by atoms with Gasteiger partial charge in [-0.05, 0) is 24.8 Å². The van der Waals surface area contributed by atoms with Gasteiger partial charge in [-0.15, -0.1) is 0 Å². The molecule has 0 saturated heterocycles. The molecule has 3 N–H and O–H groups in total. The lowest BCUT2D eigenvalue weighted by Gasteiger charge is -2.05. The molecule has 4 nitrogen and oxygen atoms in total. The molecule has 0 spiro atoms. The average molecular weight is 179 g/mol. The van der Waals surface area contributed by atoms with Crippen molar-refractivity contribution in [2.24, 2.45) is 11.8 Å². The number of nitrogen functional groups attached to an aromatic ring is 1. The minimum Gasteiger partial charge on any atom is -0.493 e. The molecule has 1 saturated carbocycles. The van der Waals surface area contributed by atoms with E-state index in [4.69, 9.17) is 10.6 Å². The van der Waals surface area contributed by atoms with Gasteiger partial charge in [-0.25, -0.2) is 10.8 Å². The second-order valence-electron chi connectivity index (χ2n) is 3.28. The fourth-order valence-corrected chi connectivity index (χ4v) is 1.08. The Morgan fingerprint density at radius 1 is 1.62 bits per heavy atom. The van der Waals surface area contributed by atoms with Crippen molar-refractivity contribution in [2.75, 3.05) is 12.0 Å². The van der Waals surface area contributed by atoms with Crippen molar-refractivity contribution in [3.05, 3.63) is 18.3 Å². The Morgan fingerprint density at radius 2 is 2.46 bits per heavy atom. The minimum atomic E-state index is 0.633. The lowest BCUT2D eigenvalue weighted by Crippen LogP contribution is -2.08. The zero-order valence-electron chi connectivity index (χ0n) is 7.36. The van der Waals surface area contributed by atoms with Crippen LogP contribution in [-0.2, 0) is 0 Å². The van der Waals surface area contributed by atoms with Crippen LogP contribution in [0.4, 0.5) is 5.82 Å². The van der Waals surface area contributed by atoms with Crippen LogP contribution in [0.2, 0.25) is 0 Å². The lowest BCUT2D eigenvalue weighted by atomic mass is 10.4. The number of aromatic nitrogens is 1. The topological polar surface area (TPSA) is 60.2 Å². The molecule has 0 aromatic carbocycles. The standard InChI is InChI=1S/C9H13N3O/c10-12-9-5-8(3-4-11-9)13-6-7-1-2-7/h3-5,7H,1-2,6,10H2,(H,11,12). The van der Waals surface area contributed by atoms with Gasteiger partial charge < -0.3 is 10.2 Å². The Hall–Kier alpha value is -1.29. The highest BCUT2D eigenvalue weighted by molar-refractivity contribution is 5.39. The van der Waals surface area contributed by atoms with Crippen LogP contribution < -0.4 is 16.0 Å². The lowest BCUT2D eigenvalue weighted by molar-refractivity contribution is 0.299. The third-order valence-corrected chi connectivity index (χ3v) is 2.06. The monoisotopic (exact) mass is 179 g/mol. The van der Waals surface area contributed by atoms with Gasteiger partial charge in [0, 0.05) is 12.3 Å². The Balaban J connectivity index is 1.93. The van der Waals surface area contributed by atoms with Gasteiger partial charge in [0.25, 0.3) is 0 Å². The molecule has 0 unspecified atom stereocenters. The number of pyridine rings is 1. The van der Waals surface area contributed by atoms with Crippen LogP contribution in [0.5, 0.6) is 5.75 Å². The SMILES string of the molecule is NNc1cc(OCC2CC2)ccn1. The summed E-state index contributed by atoms with van der Waals surface area (Å²) in [6.45, 7) is 0.814. The van der Waals surface area contributed by atoms with Gasteiger partial charge in [0.2, 0.25) is 0 Å². The van der Waals surface area contributed by atoms with E-state index in [9.17, 15) is 0 Å². The number of rotatable bonds is 4. The Bertz CT molecular complexity index is 286. The zero-order valence-corrected chi connectivity index (χ0v) is 7.36. The molecule has 0 bridgehead atoms. The molecule has 2 rings (SSSR count). The number of hydrazine groups is 1. The largest absolute Gasteiger partial charge is 0.493 e. The van der Waals surface area contributed by atoms with Crippen LogP contribution in [0.15, 0.2) is 18.3 Å². The summed E-state index contributed by atoms with van der Waals surface area (Å²) in [7, 11) is 0. The maximum atomic E-state index is 5.54. The molecule has 13 heavy (non-hydrogen) atoms. The van der Waals surface area contributed by atoms with Gasteiger partial charge in [0.05, 0.1) is 6.61 Å². The summed E-state index contributed by atoms with van der Waals surface area (Å²) in [5.74, 6) is 7.45. The van der Waals surface area contributed by atoms with Crippen molar-refractivity contribution in [3.63, 3.8) is 0 Å². The minimum absolute atomic E-state index is 0.633. The fourth-order valence-electron chi connectivity index (χ4n) is 1.08. The summed E-state index contributed by atoms with van der Waals surface area (Å²) in [6.07, 6.45) is 4.28. The summed E-state index contributed by atoms with van der Waals surface area (Å²) in [4.78, 5) is 3.98. The maximum absolute atomic E-state index is 5.54. The van der Waals surface area contributed by atoms with Crippen LogP contribution in [-0.4, -0.2) is 11.6 Å². The summed E-state index contributed by atoms with van der Waals surface area (Å²) in [5.41, 5.74) is 2.48. The molecule has 0 aliphatic heterocycles. The first-order chi connectivity index (χ1) is 6.38. The molecule has 0 radical (unpaired) electrons. The zero-order chi connectivity index (χ0) is 9.10. The van der Waals surface area contributed by atoms with Crippen LogP contribution in [0, 0.1) is 5.92 Å². The molecule has 4 heteroatoms. The van der Waals surface area contributed by atoms with E-state index in [1.165, 1.54) is 12.8 Å². The number of ether oxygens (including phenoxy) is 1. The number of nitrogens with zero attached hydrogens (tertiary/aromatic N) is 1. The second kappa shape index (κ2) is 3.62. The molecule has 1 aliphatic carbocycles. The summed E-state index contributed by atoms with van der Waals surface area (Å²) in [6, 6.07) is 3.63. The first kappa shape index (κ1) is 8.31. The number of nitrogens with two attached hydrogens (primary N) is 1. The van der Waals surface area contributed by atoms with Gasteiger partial charge in [0.15, 0.2) is 0 Å². The third-order valence-electron chi connectivity index (χ3n) is 2.06. The fraction of sp³-hybridized carbons (Fsp3) is 0.444. The van der Waals surface area contributed by atoms with Crippen molar-refractivity contribution in [2.45, 2.75) is 12.8 Å². The van der Waals surface area contributed by atoms with Gasteiger partial charge in [0.1, 0.15) is 11.6 Å². The smallest absolute Gasteiger partial charge is 0.143 e. The van der Waals surface area contributed by atoms with E-state index < -0.39 is 0 Å². The predicted molar refractivity (Wildman–Crippen MR) is 50.3 cm³/mol. The van der Waals surface area contributed by atoms with Crippen LogP contribution in [0.1, 0.15) is 12.8 Å². The summed E-state index contributed by atoms with van der Waals surface area (Å²) in [5, 5.41) is 0. The molecule has 0 amide bonds. The van der Waals surface area contributed by atoms with E-state index in [1.807, 2.05) is 6.07 Å². The predicted octanol–water partition coefficient (Wildman–Crippen LogP) is 1.16. The van der Waals surface area contributed by atoms with E-state index in [0.717, 1.165) is 18.3 Å². The van der Waals surface area contributed by atoms with Crippen molar-refractivity contribution in [1.29, 1.82) is 0 Å². The molecule has 70 valence electrons. The first-order valence-corrected chi connectivity index (χ1v) is 4.44. The molecule has 1 aromatic rings. The number of nitrogens with one attached hydrogen (secondary N) is 1. The van der Waals surface area contributed by atoms with E-state index in [-0.39, 0.29) is 0 Å². The maximum Gasteiger partial charge on any atom is 0.143 e. The highest BCUT2D eigenvalue weighted by atomic mass is 16.5. The van der Waals surface area contributed by atoms with E-state index in [1.54, 1.807) is 12.3 Å². The van der Waals surface area contributed by atoms with Crippen molar-refractivity contribution >= 4 is 5.82 Å². The molecular weight excluding hydrogens is 166 g/mol. The first-order valence-electron chi connectivity index (χ1n) is 4.44. The molecule has 1 heterocycles. The van der Waals surface area contributed by atoms with E-state index in [2.05, 4.69) is 10.4 Å². The van der Waals surface area contributed by atoms with E-state index >= 15 is 0 Å². The van der Waals surface area contributed by atoms with Gasteiger partial charge >= 0.3 is 0 Å². The molecule has 1 aromatic heterocycles. The normalized spacial score (nSPS) is 15.5. The number of hydrogen-bond acceptors (Lipinski definition) is 4. The molecule has 1 aliphatic rings. The quantitative estimate of drug-likeness (QED) is 0.537. The van der Waals surface area contributed by atoms with E-state index in [0.29, 0.717) is 5.82 Å². The average Bonchev–Trinajstić information content (AvgIpc) is 2.99. The number of hydrogen-bond donors (Lipinski definition) is 2. The Morgan fingerprint density at radius 3 is 3.15 bits per heavy atom. The second-order valence-corrected chi connectivity index (χ2v) is 3.28. The van der Waals surface area contributed by atoms with Crippen molar-refractivity contribution in [3.8, 4) is 5.75 Å². The summed E-state index contributed by atoms with van der Waals surface area (Å²) >= 11 is 0. The van der Waals surface area contributed by atoms with Crippen LogP contribution in [0.3, 0.4) is 0 Å². The third kappa shape index (κ3) is 2.32. The highest BCUT2D eigenvalue weighted by Gasteiger charge is 2.21. The molecular formula is C9H13N3O. The van der Waals surface area contributed by atoms with Gasteiger partial charge in [-0.2, -0.15) is 0 Å². The van der Waals surface area contributed by atoms with Crippen molar-refractivity contribution in [1.82, 2.24) is 4.98 Å². The Labute approximate surface area is 77.1 Å².